The van der Waals surface area contributed by atoms with Crippen LogP contribution in [0.4, 0.5) is 5.69 Å². The Kier molecular flexibility index (Phi) is 4.03. The van der Waals surface area contributed by atoms with E-state index >= 15 is 0 Å². The lowest BCUT2D eigenvalue weighted by atomic mass is 9.92. The van der Waals surface area contributed by atoms with Crippen molar-refractivity contribution in [3.8, 4) is 0 Å². The third-order valence-electron chi connectivity index (χ3n) is 3.60. The molecule has 1 aliphatic rings. The standard InChI is InChI=1S/C13H19ClN2O3S/c1-3-4-13(17)7-16(8-13)20(18,19)12-6-11(15)9(2)5-10(12)14/h5-6,17H,3-4,7-8,15H2,1-2H3. The van der Waals surface area contributed by atoms with Gasteiger partial charge in [-0.25, -0.2) is 8.42 Å². The summed E-state index contributed by atoms with van der Waals surface area (Å²) in [6.45, 7) is 3.93. The van der Waals surface area contributed by atoms with Crippen LogP contribution in [0.3, 0.4) is 0 Å². The van der Waals surface area contributed by atoms with Crippen LogP contribution in [0.1, 0.15) is 25.3 Å². The highest BCUT2D eigenvalue weighted by atomic mass is 35.5. The van der Waals surface area contributed by atoms with Crippen molar-refractivity contribution in [1.29, 1.82) is 0 Å². The van der Waals surface area contributed by atoms with Gasteiger partial charge < -0.3 is 10.8 Å². The minimum atomic E-state index is -3.70. The van der Waals surface area contributed by atoms with E-state index in [9.17, 15) is 13.5 Å². The molecule has 0 saturated carbocycles. The van der Waals surface area contributed by atoms with Gasteiger partial charge in [0.1, 0.15) is 4.90 Å². The summed E-state index contributed by atoms with van der Waals surface area (Å²) < 4.78 is 26.2. The van der Waals surface area contributed by atoms with Gasteiger partial charge in [0, 0.05) is 18.8 Å². The fourth-order valence-electron chi connectivity index (χ4n) is 2.41. The lowest BCUT2D eigenvalue weighted by Gasteiger charge is -2.45. The lowest BCUT2D eigenvalue weighted by Crippen LogP contribution is -2.63. The fourth-order valence-corrected chi connectivity index (χ4v) is 4.60. The van der Waals surface area contributed by atoms with Crippen molar-refractivity contribution >= 4 is 27.3 Å². The molecule has 3 N–H and O–H groups in total. The number of rotatable bonds is 4. The molecular weight excluding hydrogens is 300 g/mol. The Bertz CT molecular complexity index is 625. The number of nitrogens with zero attached hydrogens (tertiary/aromatic N) is 1. The number of sulfonamides is 1. The van der Waals surface area contributed by atoms with Crippen LogP contribution < -0.4 is 5.73 Å². The number of hydrogen-bond donors (Lipinski definition) is 2. The summed E-state index contributed by atoms with van der Waals surface area (Å²) in [7, 11) is -3.70. The molecule has 0 bridgehead atoms. The zero-order chi connectivity index (χ0) is 15.1. The molecule has 1 aromatic carbocycles. The highest BCUT2D eigenvalue weighted by molar-refractivity contribution is 7.89. The van der Waals surface area contributed by atoms with E-state index in [4.69, 9.17) is 17.3 Å². The first kappa shape index (κ1) is 15.6. The summed E-state index contributed by atoms with van der Waals surface area (Å²) in [5.41, 5.74) is 5.97. The van der Waals surface area contributed by atoms with Crippen LogP contribution in [0.15, 0.2) is 17.0 Å². The Balaban J connectivity index is 2.28. The lowest BCUT2D eigenvalue weighted by molar-refractivity contribution is -0.0653. The number of anilines is 1. The minimum absolute atomic E-state index is 0.000755. The third kappa shape index (κ3) is 2.65. The second-order valence-corrected chi connectivity index (χ2v) is 7.70. The maximum atomic E-state index is 12.5. The average molecular weight is 319 g/mol. The second-order valence-electron chi connectivity index (χ2n) is 5.39. The van der Waals surface area contributed by atoms with Crippen molar-refractivity contribution in [3.63, 3.8) is 0 Å². The number of benzene rings is 1. The molecular formula is C13H19ClN2O3S. The molecule has 1 heterocycles. The van der Waals surface area contributed by atoms with Gasteiger partial charge in [-0.3, -0.25) is 0 Å². The van der Waals surface area contributed by atoms with Gasteiger partial charge >= 0.3 is 0 Å². The van der Waals surface area contributed by atoms with Gasteiger partial charge in [0.15, 0.2) is 0 Å². The van der Waals surface area contributed by atoms with Crippen LogP contribution >= 0.6 is 11.6 Å². The first-order chi connectivity index (χ1) is 9.19. The summed E-state index contributed by atoms with van der Waals surface area (Å²) >= 11 is 6.02. The van der Waals surface area contributed by atoms with Crippen LogP contribution in [-0.2, 0) is 10.0 Å². The molecule has 1 saturated heterocycles. The van der Waals surface area contributed by atoms with E-state index in [1.54, 1.807) is 13.0 Å². The first-order valence-corrected chi connectivity index (χ1v) is 8.29. The zero-order valence-corrected chi connectivity index (χ0v) is 13.1. The van der Waals surface area contributed by atoms with Crippen LogP contribution in [-0.4, -0.2) is 36.5 Å². The smallest absolute Gasteiger partial charge is 0.244 e. The van der Waals surface area contributed by atoms with E-state index < -0.39 is 15.6 Å². The zero-order valence-electron chi connectivity index (χ0n) is 11.6. The van der Waals surface area contributed by atoms with Crippen LogP contribution in [0, 0.1) is 6.92 Å². The Morgan fingerprint density at radius 2 is 2.05 bits per heavy atom. The van der Waals surface area contributed by atoms with Gasteiger partial charge in [-0.2, -0.15) is 4.31 Å². The molecule has 7 heteroatoms. The first-order valence-electron chi connectivity index (χ1n) is 6.48. The predicted molar refractivity (Wildman–Crippen MR) is 79.2 cm³/mol. The number of aryl methyl sites for hydroxylation is 1. The van der Waals surface area contributed by atoms with E-state index in [1.807, 2.05) is 6.92 Å². The minimum Gasteiger partial charge on any atom is -0.398 e. The van der Waals surface area contributed by atoms with Gasteiger partial charge in [-0.05, 0) is 31.0 Å². The highest BCUT2D eigenvalue weighted by Gasteiger charge is 2.47. The van der Waals surface area contributed by atoms with E-state index in [0.29, 0.717) is 12.1 Å². The number of hydrogen-bond acceptors (Lipinski definition) is 4. The molecule has 0 unspecified atom stereocenters. The van der Waals surface area contributed by atoms with E-state index in [2.05, 4.69) is 0 Å². The summed E-state index contributed by atoms with van der Waals surface area (Å²) in [6, 6.07) is 2.92. The molecule has 0 aliphatic carbocycles. The van der Waals surface area contributed by atoms with Crippen molar-refractivity contribution < 1.29 is 13.5 Å². The highest BCUT2D eigenvalue weighted by Crippen LogP contribution is 2.35. The Labute approximate surface area is 124 Å². The Hall–Kier alpha value is -0.820. The molecule has 0 spiro atoms. The molecule has 1 aliphatic heterocycles. The molecule has 1 fully saturated rings. The molecule has 0 atom stereocenters. The number of halogens is 1. The third-order valence-corrected chi connectivity index (χ3v) is 5.85. The van der Waals surface area contributed by atoms with Gasteiger partial charge in [-0.1, -0.05) is 24.9 Å². The Morgan fingerprint density at radius 1 is 1.45 bits per heavy atom. The number of nitrogens with two attached hydrogens (primary N) is 1. The number of β-amino-alcohol motifs (C(OH)–C–C–N with tert-alkyl or cyclic N) is 1. The molecule has 112 valence electrons. The maximum Gasteiger partial charge on any atom is 0.244 e. The average Bonchev–Trinajstić information content (AvgIpc) is 2.30. The maximum absolute atomic E-state index is 12.5. The Morgan fingerprint density at radius 3 is 2.60 bits per heavy atom. The molecule has 0 aromatic heterocycles. The normalized spacial score (nSPS) is 18.8. The summed E-state index contributed by atoms with van der Waals surface area (Å²) in [5.74, 6) is 0. The molecule has 1 aromatic rings. The van der Waals surface area contributed by atoms with Crippen LogP contribution in [0.25, 0.3) is 0 Å². The van der Waals surface area contributed by atoms with Crippen molar-refractivity contribution in [2.45, 2.75) is 37.2 Å². The molecule has 2 rings (SSSR count). The number of nitrogen functional groups attached to an aromatic ring is 1. The quantitative estimate of drug-likeness (QED) is 0.829. The summed E-state index contributed by atoms with van der Waals surface area (Å²) in [6.07, 6.45) is 1.39. The van der Waals surface area contributed by atoms with Gasteiger partial charge in [-0.15, -0.1) is 0 Å². The fraction of sp³-hybridized carbons (Fsp3) is 0.538. The monoisotopic (exact) mass is 318 g/mol. The topological polar surface area (TPSA) is 83.6 Å². The van der Waals surface area contributed by atoms with Crippen LogP contribution in [0.2, 0.25) is 5.02 Å². The molecule has 20 heavy (non-hydrogen) atoms. The van der Waals surface area contributed by atoms with Crippen molar-refractivity contribution in [2.75, 3.05) is 18.8 Å². The summed E-state index contributed by atoms with van der Waals surface area (Å²) in [5, 5.41) is 10.3. The largest absolute Gasteiger partial charge is 0.398 e. The van der Waals surface area contributed by atoms with Gasteiger partial charge in [0.25, 0.3) is 0 Å². The van der Waals surface area contributed by atoms with Crippen molar-refractivity contribution in [1.82, 2.24) is 4.31 Å². The SMILES string of the molecule is CCCC1(O)CN(S(=O)(=O)c2cc(N)c(C)cc2Cl)C1. The van der Waals surface area contributed by atoms with E-state index in [-0.39, 0.29) is 23.0 Å². The van der Waals surface area contributed by atoms with Crippen LogP contribution in [0.5, 0.6) is 0 Å². The summed E-state index contributed by atoms with van der Waals surface area (Å²) in [4.78, 5) is 0.000755. The van der Waals surface area contributed by atoms with Crippen molar-refractivity contribution in [2.24, 2.45) is 0 Å². The van der Waals surface area contributed by atoms with Gasteiger partial charge in [0.2, 0.25) is 10.0 Å². The van der Waals surface area contributed by atoms with E-state index in [1.165, 1.54) is 10.4 Å². The van der Waals surface area contributed by atoms with E-state index in [0.717, 1.165) is 12.0 Å². The van der Waals surface area contributed by atoms with Crippen molar-refractivity contribution in [3.05, 3.63) is 22.7 Å². The number of aliphatic hydroxyl groups is 1. The predicted octanol–water partition coefficient (Wildman–Crippen LogP) is 1.77. The second kappa shape index (κ2) is 5.18. The van der Waals surface area contributed by atoms with Gasteiger partial charge in [0.05, 0.1) is 10.6 Å². The molecule has 0 amide bonds. The molecule has 5 nitrogen and oxygen atoms in total. The molecule has 0 radical (unpaired) electrons.